The molecule has 202 valence electrons. The number of piperazine rings is 1. The van der Waals surface area contributed by atoms with E-state index in [4.69, 9.17) is 0 Å². The summed E-state index contributed by atoms with van der Waals surface area (Å²) < 4.78 is 27.3. The van der Waals surface area contributed by atoms with Gasteiger partial charge in [-0.2, -0.15) is 4.31 Å². The molecule has 39 heavy (non-hydrogen) atoms. The fourth-order valence-corrected chi connectivity index (χ4v) is 6.60. The average Bonchev–Trinajstić information content (AvgIpc) is 2.98. The van der Waals surface area contributed by atoms with Crippen molar-refractivity contribution >= 4 is 38.1 Å². The van der Waals surface area contributed by atoms with Gasteiger partial charge in [-0.3, -0.25) is 4.79 Å². The van der Waals surface area contributed by atoms with E-state index in [1.807, 2.05) is 86.6 Å². The van der Waals surface area contributed by atoms with Crippen LogP contribution in [0.5, 0.6) is 0 Å². The lowest BCUT2D eigenvalue weighted by Crippen LogP contribution is -2.43. The number of amides is 1. The highest BCUT2D eigenvalue weighted by Crippen LogP contribution is 2.33. The summed E-state index contributed by atoms with van der Waals surface area (Å²) in [6.45, 7) is 7.96. The van der Waals surface area contributed by atoms with Gasteiger partial charge >= 0.3 is 0 Å². The minimum absolute atomic E-state index is 0.166. The molecule has 0 saturated carbocycles. The molecular weight excluding hydrogens is 508 g/mol. The largest absolute Gasteiger partial charge is 0.367 e. The van der Waals surface area contributed by atoms with E-state index in [9.17, 15) is 13.2 Å². The maximum absolute atomic E-state index is 13.6. The van der Waals surface area contributed by atoms with Crippen molar-refractivity contribution in [2.75, 3.05) is 49.5 Å². The second-order valence-corrected chi connectivity index (χ2v) is 11.5. The number of benzene rings is 4. The van der Waals surface area contributed by atoms with Crippen molar-refractivity contribution in [2.24, 2.45) is 0 Å². The summed E-state index contributed by atoms with van der Waals surface area (Å²) in [7, 11) is -3.53. The van der Waals surface area contributed by atoms with E-state index in [1.165, 1.54) is 4.31 Å². The van der Waals surface area contributed by atoms with Gasteiger partial charge < -0.3 is 15.5 Å². The molecule has 0 atom stereocenters. The smallest absolute Gasteiger partial charge is 0.256 e. The van der Waals surface area contributed by atoms with Gasteiger partial charge in [0.15, 0.2) is 0 Å². The van der Waals surface area contributed by atoms with E-state index < -0.39 is 10.0 Å². The Hall–Kier alpha value is -3.72. The molecule has 1 saturated heterocycles. The molecule has 1 fully saturated rings. The lowest BCUT2D eigenvalue weighted by atomic mass is 10.0. The van der Waals surface area contributed by atoms with Gasteiger partial charge in [0.2, 0.25) is 10.0 Å². The molecule has 1 aliphatic heterocycles. The van der Waals surface area contributed by atoms with Crippen molar-refractivity contribution in [2.45, 2.75) is 18.7 Å². The number of carbonyl (C=O) groups excluding carboxylic acids is 1. The first-order valence-electron chi connectivity index (χ1n) is 13.4. The number of hydrogen-bond donors (Lipinski definition) is 2. The van der Waals surface area contributed by atoms with Crippen molar-refractivity contribution in [3.8, 4) is 11.1 Å². The number of carbonyl (C=O) groups is 1. The van der Waals surface area contributed by atoms with E-state index in [0.29, 0.717) is 18.7 Å². The Morgan fingerprint density at radius 2 is 1.54 bits per heavy atom. The summed E-state index contributed by atoms with van der Waals surface area (Å²) in [6.07, 6.45) is 0. The minimum atomic E-state index is -3.53. The summed E-state index contributed by atoms with van der Waals surface area (Å²) in [6, 6.07) is 26.6. The van der Waals surface area contributed by atoms with Crippen molar-refractivity contribution in [3.63, 3.8) is 0 Å². The molecule has 7 nitrogen and oxygen atoms in total. The Balaban J connectivity index is 1.50. The predicted molar refractivity (Wildman–Crippen MR) is 159 cm³/mol. The van der Waals surface area contributed by atoms with Crippen LogP contribution in [0.4, 0.5) is 11.4 Å². The third-order valence-electron chi connectivity index (χ3n) is 7.27. The SMILES string of the molecule is CCN(CC)S(=O)(=O)c1ccc(-c2ccc(N3CCNCC3)c(NC(=O)c3cccc4ccccc34)c2)cc1. The topological polar surface area (TPSA) is 81.8 Å². The number of anilines is 2. The zero-order valence-electron chi connectivity index (χ0n) is 22.4. The number of nitrogens with one attached hydrogen (secondary N) is 2. The molecule has 2 N–H and O–H groups in total. The first-order valence-corrected chi connectivity index (χ1v) is 14.9. The number of rotatable bonds is 8. The van der Waals surface area contributed by atoms with Gasteiger partial charge in [0.25, 0.3) is 5.91 Å². The van der Waals surface area contributed by atoms with E-state index in [-0.39, 0.29) is 10.8 Å². The van der Waals surface area contributed by atoms with Crippen LogP contribution in [-0.4, -0.2) is 57.9 Å². The van der Waals surface area contributed by atoms with Gasteiger partial charge in [-0.15, -0.1) is 0 Å². The molecule has 0 aromatic heterocycles. The Kier molecular flexibility index (Phi) is 7.97. The Morgan fingerprint density at radius 3 is 2.26 bits per heavy atom. The first-order chi connectivity index (χ1) is 18.9. The van der Waals surface area contributed by atoms with E-state index in [0.717, 1.165) is 59.5 Å². The molecule has 1 aliphatic rings. The van der Waals surface area contributed by atoms with Crippen molar-refractivity contribution in [1.82, 2.24) is 9.62 Å². The number of fused-ring (bicyclic) bond motifs is 1. The summed E-state index contributed by atoms with van der Waals surface area (Å²) in [5.41, 5.74) is 4.09. The van der Waals surface area contributed by atoms with Crippen LogP contribution in [0.3, 0.4) is 0 Å². The van der Waals surface area contributed by atoms with Crippen LogP contribution >= 0.6 is 0 Å². The van der Waals surface area contributed by atoms with E-state index in [1.54, 1.807) is 12.1 Å². The zero-order chi connectivity index (χ0) is 27.4. The molecule has 8 heteroatoms. The molecule has 5 rings (SSSR count). The average molecular weight is 543 g/mol. The molecule has 0 radical (unpaired) electrons. The molecular formula is C31H34N4O3S. The highest BCUT2D eigenvalue weighted by molar-refractivity contribution is 7.89. The highest BCUT2D eigenvalue weighted by atomic mass is 32.2. The lowest BCUT2D eigenvalue weighted by Gasteiger charge is -2.31. The van der Waals surface area contributed by atoms with Crippen LogP contribution in [-0.2, 0) is 10.0 Å². The van der Waals surface area contributed by atoms with Gasteiger partial charge in [-0.25, -0.2) is 8.42 Å². The van der Waals surface area contributed by atoms with E-state index >= 15 is 0 Å². The van der Waals surface area contributed by atoms with E-state index in [2.05, 4.69) is 15.5 Å². The second kappa shape index (κ2) is 11.6. The summed E-state index contributed by atoms with van der Waals surface area (Å²) in [5.74, 6) is -0.166. The van der Waals surface area contributed by atoms with Crippen molar-refractivity contribution < 1.29 is 13.2 Å². The normalized spacial score (nSPS) is 14.1. The number of sulfonamides is 1. The van der Waals surface area contributed by atoms with Crippen LogP contribution < -0.4 is 15.5 Å². The fourth-order valence-electron chi connectivity index (χ4n) is 5.14. The van der Waals surface area contributed by atoms with Crippen LogP contribution in [0.2, 0.25) is 0 Å². The monoisotopic (exact) mass is 542 g/mol. The van der Waals surface area contributed by atoms with Crippen LogP contribution in [0.25, 0.3) is 21.9 Å². The summed E-state index contributed by atoms with van der Waals surface area (Å²) in [4.78, 5) is 16.1. The molecule has 0 unspecified atom stereocenters. The van der Waals surface area contributed by atoms with Gasteiger partial charge in [0.05, 0.1) is 16.3 Å². The summed E-state index contributed by atoms with van der Waals surface area (Å²) in [5, 5.41) is 8.49. The van der Waals surface area contributed by atoms with Crippen molar-refractivity contribution in [1.29, 1.82) is 0 Å². The van der Waals surface area contributed by atoms with Gasteiger partial charge in [0.1, 0.15) is 0 Å². The minimum Gasteiger partial charge on any atom is -0.367 e. The van der Waals surface area contributed by atoms with Gasteiger partial charge in [0, 0.05) is 44.8 Å². The lowest BCUT2D eigenvalue weighted by molar-refractivity contribution is 0.102. The van der Waals surface area contributed by atoms with Gasteiger partial charge in [-0.05, 0) is 52.2 Å². The molecule has 1 heterocycles. The molecule has 4 aromatic carbocycles. The fraction of sp³-hybridized carbons (Fsp3) is 0.258. The Labute approximate surface area is 230 Å². The second-order valence-electron chi connectivity index (χ2n) is 9.56. The highest BCUT2D eigenvalue weighted by Gasteiger charge is 2.22. The molecule has 0 bridgehead atoms. The predicted octanol–water partition coefficient (Wildman–Crippen LogP) is 5.20. The quantitative estimate of drug-likeness (QED) is 0.320. The van der Waals surface area contributed by atoms with Crippen LogP contribution in [0.15, 0.2) is 89.8 Å². The standard InChI is InChI=1S/C31H34N4O3S/c1-3-35(4-2)39(37,38)26-15-12-23(13-16-26)25-14-17-30(34-20-18-32-19-21-34)29(22-25)33-31(36)28-11-7-9-24-8-5-6-10-27(24)28/h5-17,22,32H,3-4,18-21H2,1-2H3,(H,33,36). The molecule has 0 spiro atoms. The summed E-state index contributed by atoms with van der Waals surface area (Å²) >= 11 is 0. The van der Waals surface area contributed by atoms with Crippen LogP contribution in [0, 0.1) is 0 Å². The first kappa shape index (κ1) is 26.9. The number of hydrogen-bond acceptors (Lipinski definition) is 5. The maximum Gasteiger partial charge on any atom is 0.256 e. The maximum atomic E-state index is 13.6. The molecule has 4 aromatic rings. The third kappa shape index (κ3) is 5.54. The molecule has 0 aliphatic carbocycles. The Bertz CT molecular complexity index is 1570. The van der Waals surface area contributed by atoms with Gasteiger partial charge in [-0.1, -0.05) is 68.4 Å². The zero-order valence-corrected chi connectivity index (χ0v) is 23.2. The van der Waals surface area contributed by atoms with Crippen molar-refractivity contribution in [3.05, 3.63) is 90.5 Å². The Morgan fingerprint density at radius 1 is 0.872 bits per heavy atom. The number of nitrogens with zero attached hydrogens (tertiary/aromatic N) is 2. The molecule has 1 amide bonds. The third-order valence-corrected chi connectivity index (χ3v) is 9.33. The van der Waals surface area contributed by atoms with Crippen LogP contribution in [0.1, 0.15) is 24.2 Å².